The lowest BCUT2D eigenvalue weighted by atomic mass is 10.1. The van der Waals surface area contributed by atoms with Gasteiger partial charge in [-0.15, -0.1) is 0 Å². The Morgan fingerprint density at radius 3 is 2.75 bits per heavy atom. The van der Waals surface area contributed by atoms with E-state index in [1.807, 2.05) is 55.9 Å². The van der Waals surface area contributed by atoms with Gasteiger partial charge in [0.2, 0.25) is 0 Å². The number of carbonyl (C=O) groups excluding carboxylic acids is 1. The molecule has 1 atom stereocenters. The van der Waals surface area contributed by atoms with E-state index in [9.17, 15) is 4.79 Å². The third-order valence-corrected chi connectivity index (χ3v) is 4.09. The van der Waals surface area contributed by atoms with Crippen LogP contribution in [0.25, 0.3) is 0 Å². The molecule has 24 heavy (non-hydrogen) atoms. The van der Waals surface area contributed by atoms with Gasteiger partial charge in [-0.1, -0.05) is 0 Å². The van der Waals surface area contributed by atoms with Crippen LogP contribution in [0, 0.1) is 0 Å². The van der Waals surface area contributed by atoms with Gasteiger partial charge in [0, 0.05) is 51.2 Å². The summed E-state index contributed by atoms with van der Waals surface area (Å²) in [5.41, 5.74) is 8.77. The summed E-state index contributed by atoms with van der Waals surface area (Å²) in [5, 5.41) is 2.99. The number of anilines is 2. The zero-order valence-electron chi connectivity index (χ0n) is 15.2. The van der Waals surface area contributed by atoms with E-state index in [0.717, 1.165) is 30.7 Å². The Hall–Kier alpha value is -1.95. The molecule has 6 heteroatoms. The van der Waals surface area contributed by atoms with Crippen molar-refractivity contribution >= 4 is 17.4 Å². The maximum Gasteiger partial charge on any atom is 0.317 e. The molecule has 1 heterocycles. The third-order valence-electron chi connectivity index (χ3n) is 4.09. The van der Waals surface area contributed by atoms with Gasteiger partial charge in [-0.05, 0) is 50.5 Å². The van der Waals surface area contributed by atoms with Gasteiger partial charge in [0.05, 0.1) is 6.10 Å². The number of nitrogens with zero attached hydrogens (tertiary/aromatic N) is 2. The van der Waals surface area contributed by atoms with E-state index in [1.165, 1.54) is 0 Å². The Balaban J connectivity index is 2.20. The number of ether oxygens (including phenoxy) is 1. The number of amides is 2. The van der Waals surface area contributed by atoms with Crippen molar-refractivity contribution in [1.29, 1.82) is 0 Å². The first kappa shape index (κ1) is 18.4. The summed E-state index contributed by atoms with van der Waals surface area (Å²) in [5.74, 6) is 0. The zero-order valence-corrected chi connectivity index (χ0v) is 15.2. The molecule has 0 aliphatic carbocycles. The molecule has 1 aromatic carbocycles. The van der Waals surface area contributed by atoms with Gasteiger partial charge in [0.15, 0.2) is 0 Å². The van der Waals surface area contributed by atoms with E-state index in [-0.39, 0.29) is 18.2 Å². The predicted octanol–water partition coefficient (Wildman–Crippen LogP) is 2.43. The first-order chi connectivity index (χ1) is 11.4. The van der Waals surface area contributed by atoms with Crippen molar-refractivity contribution in [1.82, 2.24) is 10.2 Å². The summed E-state index contributed by atoms with van der Waals surface area (Å²) < 4.78 is 5.72. The molecule has 0 radical (unpaired) electrons. The van der Waals surface area contributed by atoms with Crippen LogP contribution in [0.15, 0.2) is 18.2 Å². The van der Waals surface area contributed by atoms with E-state index in [2.05, 4.69) is 5.32 Å². The topological polar surface area (TPSA) is 70.8 Å². The molecule has 0 unspecified atom stereocenters. The smallest absolute Gasteiger partial charge is 0.317 e. The van der Waals surface area contributed by atoms with E-state index >= 15 is 0 Å². The number of nitrogens with one attached hydrogen (secondary N) is 1. The first-order valence-corrected chi connectivity index (χ1v) is 8.59. The van der Waals surface area contributed by atoms with Crippen molar-refractivity contribution in [2.45, 2.75) is 45.4 Å². The number of urea groups is 1. The van der Waals surface area contributed by atoms with Crippen LogP contribution in [-0.2, 0) is 11.3 Å². The average molecular weight is 334 g/mol. The number of nitrogens with two attached hydrogens (primary N) is 1. The molecule has 2 amide bonds. The zero-order chi connectivity index (χ0) is 17.7. The average Bonchev–Trinajstić information content (AvgIpc) is 2.98. The molecule has 0 spiro atoms. The highest BCUT2D eigenvalue weighted by Crippen LogP contribution is 2.24. The largest absolute Gasteiger partial charge is 0.399 e. The lowest BCUT2D eigenvalue weighted by Crippen LogP contribution is -2.45. The summed E-state index contributed by atoms with van der Waals surface area (Å²) >= 11 is 0. The Bertz CT molecular complexity index is 554. The number of nitrogen functional groups attached to an aromatic ring is 1. The van der Waals surface area contributed by atoms with E-state index in [4.69, 9.17) is 10.5 Å². The molecule has 6 nitrogen and oxygen atoms in total. The highest BCUT2D eigenvalue weighted by molar-refractivity contribution is 5.75. The Labute approximate surface area is 144 Å². The molecular weight excluding hydrogens is 304 g/mol. The second kappa shape index (κ2) is 8.24. The summed E-state index contributed by atoms with van der Waals surface area (Å²) in [6.07, 6.45) is 2.18. The van der Waals surface area contributed by atoms with Crippen LogP contribution in [0.1, 0.15) is 32.3 Å². The SMILES string of the molecule is CC(C)NC(=O)N(Cc1cc(N)ccc1N(C)C)C[C@@H]1CCCO1. The molecule has 0 aromatic heterocycles. The van der Waals surface area contributed by atoms with Crippen molar-refractivity contribution in [2.75, 3.05) is 37.9 Å². The van der Waals surface area contributed by atoms with Crippen molar-refractivity contribution in [3.63, 3.8) is 0 Å². The maximum atomic E-state index is 12.6. The fourth-order valence-corrected chi connectivity index (χ4v) is 2.97. The van der Waals surface area contributed by atoms with E-state index in [0.29, 0.717) is 18.8 Å². The normalized spacial score (nSPS) is 17.1. The Morgan fingerprint density at radius 2 is 2.17 bits per heavy atom. The first-order valence-electron chi connectivity index (χ1n) is 8.59. The van der Waals surface area contributed by atoms with E-state index < -0.39 is 0 Å². The van der Waals surface area contributed by atoms with Crippen molar-refractivity contribution in [2.24, 2.45) is 0 Å². The van der Waals surface area contributed by atoms with Gasteiger partial charge >= 0.3 is 6.03 Å². The van der Waals surface area contributed by atoms with E-state index in [1.54, 1.807) is 0 Å². The summed E-state index contributed by atoms with van der Waals surface area (Å²) in [6.45, 7) is 5.82. The molecule has 0 saturated carbocycles. The van der Waals surface area contributed by atoms with Crippen molar-refractivity contribution in [3.05, 3.63) is 23.8 Å². The lowest BCUT2D eigenvalue weighted by molar-refractivity contribution is 0.0791. The van der Waals surface area contributed by atoms with Crippen LogP contribution in [0.3, 0.4) is 0 Å². The third kappa shape index (κ3) is 5.03. The minimum absolute atomic E-state index is 0.0624. The van der Waals surface area contributed by atoms with Gasteiger partial charge in [0.25, 0.3) is 0 Å². The van der Waals surface area contributed by atoms with Gasteiger partial charge in [0.1, 0.15) is 0 Å². The fourth-order valence-electron chi connectivity index (χ4n) is 2.97. The van der Waals surface area contributed by atoms with Crippen LogP contribution in [0.4, 0.5) is 16.2 Å². The molecule has 1 aromatic rings. The summed E-state index contributed by atoms with van der Waals surface area (Å²) in [7, 11) is 3.99. The van der Waals surface area contributed by atoms with Crippen LogP contribution in [0.5, 0.6) is 0 Å². The highest BCUT2D eigenvalue weighted by Gasteiger charge is 2.24. The second-order valence-electron chi connectivity index (χ2n) is 6.90. The summed E-state index contributed by atoms with van der Waals surface area (Å²) in [6, 6.07) is 5.86. The minimum atomic E-state index is -0.0624. The van der Waals surface area contributed by atoms with Gasteiger partial charge < -0.3 is 25.6 Å². The number of benzene rings is 1. The molecule has 1 aliphatic rings. The highest BCUT2D eigenvalue weighted by atomic mass is 16.5. The Morgan fingerprint density at radius 1 is 1.42 bits per heavy atom. The lowest BCUT2D eigenvalue weighted by Gasteiger charge is -2.28. The summed E-state index contributed by atoms with van der Waals surface area (Å²) in [4.78, 5) is 16.5. The van der Waals surface area contributed by atoms with Gasteiger partial charge in [-0.2, -0.15) is 0 Å². The molecule has 1 saturated heterocycles. The van der Waals surface area contributed by atoms with Crippen molar-refractivity contribution in [3.8, 4) is 0 Å². The van der Waals surface area contributed by atoms with Gasteiger partial charge in [-0.3, -0.25) is 0 Å². The van der Waals surface area contributed by atoms with Crippen LogP contribution in [0.2, 0.25) is 0 Å². The fraction of sp³-hybridized carbons (Fsp3) is 0.611. The van der Waals surface area contributed by atoms with Crippen LogP contribution >= 0.6 is 0 Å². The number of hydrogen-bond donors (Lipinski definition) is 2. The molecule has 1 fully saturated rings. The molecule has 134 valence electrons. The Kier molecular flexibility index (Phi) is 6.31. The predicted molar refractivity (Wildman–Crippen MR) is 98.2 cm³/mol. The molecule has 2 rings (SSSR count). The second-order valence-corrected chi connectivity index (χ2v) is 6.90. The quantitative estimate of drug-likeness (QED) is 0.784. The van der Waals surface area contributed by atoms with Crippen molar-refractivity contribution < 1.29 is 9.53 Å². The number of hydrogen-bond acceptors (Lipinski definition) is 4. The maximum absolute atomic E-state index is 12.6. The number of rotatable bonds is 6. The van der Waals surface area contributed by atoms with Gasteiger partial charge in [-0.25, -0.2) is 4.79 Å². The number of carbonyl (C=O) groups is 1. The molecular formula is C18H30N4O2. The monoisotopic (exact) mass is 334 g/mol. The molecule has 0 bridgehead atoms. The molecule has 3 N–H and O–H groups in total. The molecule has 1 aliphatic heterocycles. The van der Waals surface area contributed by atoms with Crippen LogP contribution in [-0.4, -0.2) is 50.3 Å². The van der Waals surface area contributed by atoms with Crippen LogP contribution < -0.4 is 16.0 Å². The standard InChI is InChI=1S/C18H30N4O2/c1-13(2)20-18(23)22(12-16-6-5-9-24-16)11-14-10-15(19)7-8-17(14)21(3)4/h7-8,10,13,16H,5-6,9,11-12,19H2,1-4H3,(H,20,23)/t16-/m0/s1. The minimum Gasteiger partial charge on any atom is -0.399 e.